The molecule has 1 aromatic carbocycles. The first-order valence-electron chi connectivity index (χ1n) is 10.1. The third-order valence-corrected chi connectivity index (χ3v) is 6.79. The van der Waals surface area contributed by atoms with Gasteiger partial charge >= 0.3 is 0 Å². The number of halogens is 1. The number of thioether (sulfide) groups is 1. The smallest absolute Gasteiger partial charge is 0.230 e. The average Bonchev–Trinajstić information content (AvgIpc) is 3.12. The lowest BCUT2D eigenvalue weighted by molar-refractivity contribution is -0.119. The third kappa shape index (κ3) is 5.74. The van der Waals surface area contributed by atoms with Crippen molar-refractivity contribution in [3.8, 4) is 5.69 Å². The van der Waals surface area contributed by atoms with E-state index in [-0.39, 0.29) is 11.9 Å². The largest absolute Gasteiger partial charge is 0.353 e. The molecule has 1 aliphatic rings. The fourth-order valence-electron chi connectivity index (χ4n) is 3.51. The van der Waals surface area contributed by atoms with Crippen LogP contribution in [0.5, 0.6) is 0 Å². The molecule has 1 unspecified atom stereocenters. The molecule has 2 aromatic rings. The summed E-state index contributed by atoms with van der Waals surface area (Å²) in [5, 5.41) is 13.4. The summed E-state index contributed by atoms with van der Waals surface area (Å²) in [5.41, 5.74) is 0.937. The zero-order chi connectivity index (χ0) is 21.0. The van der Waals surface area contributed by atoms with Crippen molar-refractivity contribution in [2.45, 2.75) is 56.8 Å². The number of nitrogens with one attached hydrogen (secondary N) is 1. The van der Waals surface area contributed by atoms with Crippen molar-refractivity contribution in [2.75, 3.05) is 19.8 Å². The molecule has 0 aliphatic heterocycles. The van der Waals surface area contributed by atoms with Gasteiger partial charge in [-0.3, -0.25) is 14.3 Å². The lowest BCUT2D eigenvalue weighted by atomic mass is 9.87. The van der Waals surface area contributed by atoms with Gasteiger partial charge in [0.05, 0.1) is 11.8 Å². The Hall–Kier alpha value is -1.57. The van der Waals surface area contributed by atoms with Crippen molar-refractivity contribution < 1.29 is 4.79 Å². The molecule has 1 heterocycles. The minimum absolute atomic E-state index is 0.0578. The van der Waals surface area contributed by atoms with Crippen LogP contribution in [0.1, 0.15) is 51.4 Å². The van der Waals surface area contributed by atoms with E-state index in [1.807, 2.05) is 42.9 Å². The van der Waals surface area contributed by atoms with Crippen LogP contribution in [0.2, 0.25) is 5.02 Å². The van der Waals surface area contributed by atoms with Gasteiger partial charge in [-0.1, -0.05) is 30.3 Å². The van der Waals surface area contributed by atoms with Crippen molar-refractivity contribution in [1.29, 1.82) is 0 Å². The monoisotopic (exact) mass is 435 g/mol. The van der Waals surface area contributed by atoms with E-state index in [1.165, 1.54) is 24.6 Å². The Balaban J connectivity index is 1.73. The SMILES string of the molecule is CC1CCC(NC(=O)CSc2nnc(C(C)N(C)C)n2-c2ccc(Cl)cc2)CC1. The number of carbonyl (C=O) groups excluding carboxylic acids is 1. The lowest BCUT2D eigenvalue weighted by Gasteiger charge is -2.26. The normalized spacial score (nSPS) is 20.6. The minimum Gasteiger partial charge on any atom is -0.353 e. The summed E-state index contributed by atoms with van der Waals surface area (Å²) in [6.45, 7) is 4.37. The number of benzene rings is 1. The van der Waals surface area contributed by atoms with Crippen molar-refractivity contribution in [2.24, 2.45) is 5.92 Å². The molecule has 1 amide bonds. The molecule has 1 saturated carbocycles. The second-order valence-electron chi connectivity index (χ2n) is 8.11. The van der Waals surface area contributed by atoms with Crippen LogP contribution in [-0.4, -0.2) is 51.5 Å². The highest BCUT2D eigenvalue weighted by Crippen LogP contribution is 2.28. The standard InChI is InChI=1S/C21H30ClN5OS/c1-14-5-9-17(10-6-14)23-19(28)13-29-21-25-24-20(15(2)26(3)4)27(21)18-11-7-16(22)8-12-18/h7-8,11-12,14-15,17H,5-6,9-10,13H2,1-4H3,(H,23,28). The maximum absolute atomic E-state index is 12.5. The van der Waals surface area contributed by atoms with Crippen LogP contribution in [0.4, 0.5) is 0 Å². The molecule has 3 rings (SSSR count). The van der Waals surface area contributed by atoms with Gasteiger partial charge in [-0.05, 0) is 76.9 Å². The number of carbonyl (C=O) groups is 1. The zero-order valence-electron chi connectivity index (χ0n) is 17.6. The molecule has 1 aromatic heterocycles. The molecule has 1 atom stereocenters. The summed E-state index contributed by atoms with van der Waals surface area (Å²) in [6.07, 6.45) is 4.52. The molecule has 158 valence electrons. The number of rotatable bonds is 7. The molecule has 1 N–H and O–H groups in total. The van der Waals surface area contributed by atoms with E-state index < -0.39 is 0 Å². The van der Waals surface area contributed by atoms with Gasteiger partial charge in [-0.2, -0.15) is 0 Å². The van der Waals surface area contributed by atoms with Crippen molar-refractivity contribution >= 4 is 29.3 Å². The van der Waals surface area contributed by atoms with Gasteiger partial charge in [-0.15, -0.1) is 10.2 Å². The molecule has 0 radical (unpaired) electrons. The fourth-order valence-corrected chi connectivity index (χ4v) is 4.41. The Bertz CT molecular complexity index is 815. The molecule has 0 saturated heterocycles. The van der Waals surface area contributed by atoms with Gasteiger partial charge in [0, 0.05) is 16.8 Å². The molecular weight excluding hydrogens is 406 g/mol. The molecule has 8 heteroatoms. The van der Waals surface area contributed by atoms with E-state index >= 15 is 0 Å². The van der Waals surface area contributed by atoms with Gasteiger partial charge in [0.25, 0.3) is 0 Å². The highest BCUT2D eigenvalue weighted by molar-refractivity contribution is 7.99. The quantitative estimate of drug-likeness (QED) is 0.656. The van der Waals surface area contributed by atoms with Crippen LogP contribution in [0, 0.1) is 5.92 Å². The van der Waals surface area contributed by atoms with Gasteiger partial charge < -0.3 is 5.32 Å². The van der Waals surface area contributed by atoms with Crippen molar-refractivity contribution in [1.82, 2.24) is 25.0 Å². The molecular formula is C21H30ClN5OS. The number of amides is 1. The predicted octanol–water partition coefficient (Wildman–Crippen LogP) is 4.33. The van der Waals surface area contributed by atoms with Crippen LogP contribution < -0.4 is 5.32 Å². The van der Waals surface area contributed by atoms with E-state index in [0.717, 1.165) is 30.3 Å². The summed E-state index contributed by atoms with van der Waals surface area (Å²) < 4.78 is 2.02. The summed E-state index contributed by atoms with van der Waals surface area (Å²) in [6, 6.07) is 7.98. The Morgan fingerprint density at radius 1 is 1.24 bits per heavy atom. The Morgan fingerprint density at radius 2 is 1.90 bits per heavy atom. The van der Waals surface area contributed by atoms with Crippen LogP contribution in [-0.2, 0) is 4.79 Å². The maximum Gasteiger partial charge on any atom is 0.230 e. The molecule has 1 fully saturated rings. The molecule has 1 aliphatic carbocycles. The van der Waals surface area contributed by atoms with E-state index in [2.05, 4.69) is 34.3 Å². The summed E-state index contributed by atoms with van der Waals surface area (Å²) in [7, 11) is 4.02. The van der Waals surface area contributed by atoms with E-state index in [0.29, 0.717) is 22.0 Å². The van der Waals surface area contributed by atoms with Gasteiger partial charge in [0.1, 0.15) is 0 Å². The number of hydrogen-bond donors (Lipinski definition) is 1. The summed E-state index contributed by atoms with van der Waals surface area (Å²) in [5.74, 6) is 1.99. The number of aromatic nitrogens is 3. The first-order chi connectivity index (χ1) is 13.8. The van der Waals surface area contributed by atoms with Gasteiger partial charge in [0.2, 0.25) is 5.91 Å². The van der Waals surface area contributed by atoms with Crippen LogP contribution in [0.15, 0.2) is 29.4 Å². The third-order valence-electron chi connectivity index (χ3n) is 5.60. The van der Waals surface area contributed by atoms with Gasteiger partial charge in [-0.25, -0.2) is 0 Å². The second kappa shape index (κ2) is 9.96. The lowest BCUT2D eigenvalue weighted by Crippen LogP contribution is -2.38. The first kappa shape index (κ1) is 22.1. The number of nitrogens with zero attached hydrogens (tertiary/aromatic N) is 4. The van der Waals surface area contributed by atoms with Crippen LogP contribution in [0.3, 0.4) is 0 Å². The highest BCUT2D eigenvalue weighted by Gasteiger charge is 2.23. The Kier molecular flexibility index (Phi) is 7.60. The van der Waals surface area contributed by atoms with Crippen LogP contribution >= 0.6 is 23.4 Å². The van der Waals surface area contributed by atoms with E-state index in [1.54, 1.807) is 0 Å². The summed E-state index contributed by atoms with van der Waals surface area (Å²) in [4.78, 5) is 14.6. The number of hydrogen-bond acceptors (Lipinski definition) is 5. The average molecular weight is 436 g/mol. The van der Waals surface area contributed by atoms with Crippen LogP contribution in [0.25, 0.3) is 5.69 Å². The maximum atomic E-state index is 12.5. The Labute approximate surface area is 182 Å². The first-order valence-corrected chi connectivity index (χ1v) is 11.5. The van der Waals surface area contributed by atoms with E-state index in [9.17, 15) is 4.79 Å². The fraction of sp³-hybridized carbons (Fsp3) is 0.571. The molecule has 6 nitrogen and oxygen atoms in total. The molecule has 0 bridgehead atoms. The van der Waals surface area contributed by atoms with Crippen molar-refractivity contribution in [3.05, 3.63) is 35.1 Å². The van der Waals surface area contributed by atoms with Crippen molar-refractivity contribution in [3.63, 3.8) is 0 Å². The summed E-state index contributed by atoms with van der Waals surface area (Å²) >= 11 is 7.48. The molecule has 0 spiro atoms. The Morgan fingerprint density at radius 3 is 2.52 bits per heavy atom. The zero-order valence-corrected chi connectivity index (χ0v) is 19.1. The predicted molar refractivity (Wildman–Crippen MR) is 119 cm³/mol. The highest BCUT2D eigenvalue weighted by atomic mass is 35.5. The van der Waals surface area contributed by atoms with Gasteiger partial charge in [0.15, 0.2) is 11.0 Å². The minimum atomic E-state index is 0.0578. The molecule has 29 heavy (non-hydrogen) atoms. The topological polar surface area (TPSA) is 63.1 Å². The van der Waals surface area contributed by atoms with E-state index in [4.69, 9.17) is 11.6 Å². The second-order valence-corrected chi connectivity index (χ2v) is 9.48.